The lowest BCUT2D eigenvalue weighted by molar-refractivity contribution is -0.202. The Morgan fingerprint density at radius 2 is 2.18 bits per heavy atom. The van der Waals surface area contributed by atoms with Crippen LogP contribution in [0.4, 0.5) is 0 Å². The van der Waals surface area contributed by atoms with Crippen LogP contribution in [0, 0.1) is 5.92 Å². The Balaban J connectivity index is 1.92. The molecule has 0 spiro atoms. The third kappa shape index (κ3) is 2.82. The molecule has 0 radical (unpaired) electrons. The van der Waals surface area contributed by atoms with Gasteiger partial charge in [-0.3, -0.25) is 4.79 Å². The fraction of sp³-hybridized carbons (Fsp3) is 0.526. The van der Waals surface area contributed by atoms with Crippen molar-refractivity contribution in [1.29, 1.82) is 0 Å². The number of rotatable bonds is 4. The molecule has 22 heavy (non-hydrogen) atoms. The van der Waals surface area contributed by atoms with Crippen LogP contribution in [0.2, 0.25) is 0 Å². The summed E-state index contributed by atoms with van der Waals surface area (Å²) in [6, 6.07) is 8.31. The molecular weight excluding hydrogens is 274 g/mol. The van der Waals surface area contributed by atoms with E-state index in [1.54, 1.807) is 0 Å². The number of hydrogen-bond acceptors (Lipinski definition) is 2. The maximum absolute atomic E-state index is 12.7. The summed E-state index contributed by atoms with van der Waals surface area (Å²) < 4.78 is 6.38. The van der Waals surface area contributed by atoms with E-state index in [0.29, 0.717) is 25.5 Å². The number of carbonyl (C=O) groups excluding carboxylic acids is 1. The molecule has 0 saturated carbocycles. The number of ether oxygens (including phenoxy) is 1. The Bertz CT molecular complexity index is 568. The first-order valence-electron chi connectivity index (χ1n) is 8.27. The topological polar surface area (TPSA) is 29.5 Å². The van der Waals surface area contributed by atoms with E-state index in [0.717, 1.165) is 25.7 Å². The van der Waals surface area contributed by atoms with Gasteiger partial charge in [-0.15, -0.1) is 6.58 Å². The zero-order valence-corrected chi connectivity index (χ0v) is 13.4. The van der Waals surface area contributed by atoms with E-state index in [9.17, 15) is 4.79 Å². The minimum Gasteiger partial charge on any atom is -0.351 e. The number of hydrogen-bond donors (Lipinski definition) is 0. The fourth-order valence-electron chi connectivity index (χ4n) is 3.80. The summed E-state index contributed by atoms with van der Waals surface area (Å²) >= 11 is 0. The van der Waals surface area contributed by atoms with Crippen LogP contribution in [-0.2, 0) is 22.7 Å². The van der Waals surface area contributed by atoms with Crippen molar-refractivity contribution in [2.75, 3.05) is 0 Å². The molecule has 0 aromatic heterocycles. The van der Waals surface area contributed by atoms with Crippen molar-refractivity contribution < 1.29 is 9.53 Å². The quantitative estimate of drug-likeness (QED) is 0.620. The van der Waals surface area contributed by atoms with Crippen LogP contribution in [0.15, 0.2) is 36.9 Å². The van der Waals surface area contributed by atoms with Crippen molar-refractivity contribution in [3.05, 3.63) is 48.0 Å². The molecule has 1 fully saturated rings. The van der Waals surface area contributed by atoms with E-state index in [1.807, 2.05) is 23.1 Å². The molecule has 1 aromatic rings. The van der Waals surface area contributed by atoms with Crippen molar-refractivity contribution in [1.82, 2.24) is 4.90 Å². The van der Waals surface area contributed by atoms with Crippen LogP contribution in [0.5, 0.6) is 0 Å². The van der Waals surface area contributed by atoms with Gasteiger partial charge in [-0.05, 0) is 42.7 Å². The second kappa shape index (κ2) is 6.25. The molecule has 2 aliphatic rings. The first-order valence-corrected chi connectivity index (χ1v) is 8.27. The second-order valence-electron chi connectivity index (χ2n) is 6.68. The van der Waals surface area contributed by atoms with E-state index >= 15 is 0 Å². The zero-order chi connectivity index (χ0) is 15.6. The van der Waals surface area contributed by atoms with Crippen LogP contribution in [-0.4, -0.2) is 16.5 Å². The smallest absolute Gasteiger partial charge is 0.225 e. The average molecular weight is 299 g/mol. The summed E-state index contributed by atoms with van der Waals surface area (Å²) in [7, 11) is 0. The van der Waals surface area contributed by atoms with E-state index in [1.165, 1.54) is 11.1 Å². The van der Waals surface area contributed by atoms with Gasteiger partial charge in [0.05, 0.1) is 6.61 Å². The lowest BCUT2D eigenvalue weighted by Gasteiger charge is -2.47. The Labute approximate surface area is 133 Å². The largest absolute Gasteiger partial charge is 0.351 e. The normalized spacial score (nSPS) is 27.8. The number of benzene rings is 1. The Hall–Kier alpha value is -1.61. The number of allylic oxidation sites excluding steroid dienone is 1. The number of unbranched alkanes of at least 4 members (excludes halogenated alkanes) is 1. The molecule has 2 atom stereocenters. The first-order chi connectivity index (χ1) is 10.6. The molecule has 1 saturated heterocycles. The summed E-state index contributed by atoms with van der Waals surface area (Å²) in [6.45, 7) is 7.24. The maximum atomic E-state index is 12.7. The van der Waals surface area contributed by atoms with E-state index in [2.05, 4.69) is 25.6 Å². The molecule has 3 heteroatoms. The van der Waals surface area contributed by atoms with E-state index in [-0.39, 0.29) is 5.91 Å². The molecule has 1 aromatic carbocycles. The molecule has 118 valence electrons. The standard InChI is InChI=1S/C19H25NO2/c1-3-4-7-10-19-12-15(2)11-18(21)20(19)13-16-8-5-6-9-17(16)14-22-19/h3,5-6,8-9,15H,1,4,7,10-14H2,2H3/t15-,19-/m0/s1. The fourth-order valence-corrected chi connectivity index (χ4v) is 3.80. The van der Waals surface area contributed by atoms with Gasteiger partial charge in [0.25, 0.3) is 0 Å². The Morgan fingerprint density at radius 3 is 2.95 bits per heavy atom. The van der Waals surface area contributed by atoms with Gasteiger partial charge in [-0.25, -0.2) is 0 Å². The third-order valence-corrected chi connectivity index (χ3v) is 4.90. The van der Waals surface area contributed by atoms with Crippen LogP contribution in [0.25, 0.3) is 0 Å². The van der Waals surface area contributed by atoms with Gasteiger partial charge < -0.3 is 9.64 Å². The number of amides is 1. The monoisotopic (exact) mass is 299 g/mol. The highest BCUT2D eigenvalue weighted by Gasteiger charge is 2.46. The van der Waals surface area contributed by atoms with Gasteiger partial charge in [-0.2, -0.15) is 0 Å². The van der Waals surface area contributed by atoms with Gasteiger partial charge in [0.1, 0.15) is 5.72 Å². The molecule has 1 amide bonds. The molecule has 3 nitrogen and oxygen atoms in total. The summed E-state index contributed by atoms with van der Waals surface area (Å²) in [5.41, 5.74) is 1.99. The highest BCUT2D eigenvalue weighted by atomic mass is 16.5. The molecular formula is C19H25NO2. The zero-order valence-electron chi connectivity index (χ0n) is 13.4. The SMILES string of the molecule is C=CCCC[C@]12C[C@@H](C)CC(=O)N1Cc1ccccc1CO2. The lowest BCUT2D eigenvalue weighted by Crippen LogP contribution is -2.56. The summed E-state index contributed by atoms with van der Waals surface area (Å²) in [5, 5.41) is 0. The summed E-state index contributed by atoms with van der Waals surface area (Å²) in [6.07, 6.45) is 6.38. The average Bonchev–Trinajstić information content (AvgIpc) is 2.65. The van der Waals surface area contributed by atoms with Crippen LogP contribution in [0.1, 0.15) is 50.2 Å². The number of fused-ring (bicyclic) bond motifs is 2. The predicted octanol–water partition coefficient (Wildman–Crippen LogP) is 4.03. The minimum absolute atomic E-state index is 0.231. The third-order valence-electron chi connectivity index (χ3n) is 4.90. The molecule has 2 aliphatic heterocycles. The van der Waals surface area contributed by atoms with Crippen LogP contribution < -0.4 is 0 Å². The summed E-state index contributed by atoms with van der Waals surface area (Å²) in [4.78, 5) is 14.7. The molecule has 2 heterocycles. The van der Waals surface area contributed by atoms with Crippen molar-refractivity contribution in [3.63, 3.8) is 0 Å². The summed E-state index contributed by atoms with van der Waals surface area (Å²) in [5.74, 6) is 0.614. The molecule has 0 unspecified atom stereocenters. The molecule has 0 bridgehead atoms. The Morgan fingerprint density at radius 1 is 1.41 bits per heavy atom. The van der Waals surface area contributed by atoms with Gasteiger partial charge in [-0.1, -0.05) is 37.3 Å². The highest BCUT2D eigenvalue weighted by molar-refractivity contribution is 5.78. The maximum Gasteiger partial charge on any atom is 0.225 e. The first kappa shape index (κ1) is 15.3. The van der Waals surface area contributed by atoms with Gasteiger partial charge in [0.15, 0.2) is 0 Å². The van der Waals surface area contributed by atoms with Crippen molar-refractivity contribution >= 4 is 5.91 Å². The minimum atomic E-state index is -0.434. The van der Waals surface area contributed by atoms with Crippen LogP contribution in [0.3, 0.4) is 0 Å². The molecule has 3 rings (SSSR count). The number of nitrogens with zero attached hydrogens (tertiary/aromatic N) is 1. The van der Waals surface area contributed by atoms with Gasteiger partial charge >= 0.3 is 0 Å². The van der Waals surface area contributed by atoms with Crippen LogP contribution >= 0.6 is 0 Å². The van der Waals surface area contributed by atoms with Gasteiger partial charge in [0, 0.05) is 13.0 Å². The molecule has 0 aliphatic carbocycles. The molecule has 0 N–H and O–H groups in total. The highest BCUT2D eigenvalue weighted by Crippen LogP contribution is 2.41. The van der Waals surface area contributed by atoms with Crippen molar-refractivity contribution in [2.45, 2.75) is 57.9 Å². The second-order valence-corrected chi connectivity index (χ2v) is 6.68. The van der Waals surface area contributed by atoms with E-state index < -0.39 is 5.72 Å². The predicted molar refractivity (Wildman–Crippen MR) is 87.0 cm³/mol. The van der Waals surface area contributed by atoms with Gasteiger partial charge in [0.2, 0.25) is 5.91 Å². The van der Waals surface area contributed by atoms with Crippen molar-refractivity contribution in [2.24, 2.45) is 5.92 Å². The van der Waals surface area contributed by atoms with E-state index in [4.69, 9.17) is 4.74 Å². The number of carbonyl (C=O) groups is 1. The number of piperidine rings is 1. The lowest BCUT2D eigenvalue weighted by atomic mass is 9.85. The van der Waals surface area contributed by atoms with Crippen molar-refractivity contribution in [3.8, 4) is 0 Å². The Kier molecular flexibility index (Phi) is 4.34.